The van der Waals surface area contributed by atoms with Gasteiger partial charge in [0.2, 0.25) is 5.91 Å². The summed E-state index contributed by atoms with van der Waals surface area (Å²) < 4.78 is 1.51. The number of nitrogens with one attached hydrogen (secondary N) is 1. The van der Waals surface area contributed by atoms with Crippen molar-refractivity contribution in [2.75, 3.05) is 5.75 Å². The van der Waals surface area contributed by atoms with E-state index in [0.29, 0.717) is 22.6 Å². The fourth-order valence-corrected chi connectivity index (χ4v) is 4.29. The lowest BCUT2D eigenvalue weighted by Crippen LogP contribution is -2.25. The number of carbonyl (C=O) groups is 1. The van der Waals surface area contributed by atoms with Crippen molar-refractivity contribution in [1.29, 1.82) is 0 Å². The molecule has 0 saturated heterocycles. The zero-order valence-corrected chi connectivity index (χ0v) is 16.3. The Balaban J connectivity index is 1.56. The van der Waals surface area contributed by atoms with Crippen molar-refractivity contribution in [3.63, 3.8) is 0 Å². The summed E-state index contributed by atoms with van der Waals surface area (Å²) >= 11 is 2.88. The number of rotatable bonds is 5. The van der Waals surface area contributed by atoms with Gasteiger partial charge in [-0.2, -0.15) is 0 Å². The van der Waals surface area contributed by atoms with E-state index in [9.17, 15) is 9.59 Å². The lowest BCUT2D eigenvalue weighted by atomic mass is 10.1. The Hall–Kier alpha value is -2.64. The molecule has 2 aromatic carbocycles. The highest BCUT2D eigenvalue weighted by atomic mass is 32.2. The van der Waals surface area contributed by atoms with Crippen LogP contribution in [0.15, 0.2) is 63.9 Å². The van der Waals surface area contributed by atoms with E-state index in [1.54, 1.807) is 18.4 Å². The normalized spacial score (nSPS) is 11.1. The summed E-state index contributed by atoms with van der Waals surface area (Å²) in [5.74, 6) is 0.131. The van der Waals surface area contributed by atoms with E-state index in [0.717, 1.165) is 15.6 Å². The van der Waals surface area contributed by atoms with Crippen molar-refractivity contribution in [1.82, 2.24) is 14.9 Å². The second-order valence-corrected chi connectivity index (χ2v) is 8.09. The molecular weight excluding hydrogens is 378 g/mol. The summed E-state index contributed by atoms with van der Waals surface area (Å²) in [5.41, 5.74) is 0.547. The molecule has 0 aliphatic carbocycles. The van der Waals surface area contributed by atoms with Crippen molar-refractivity contribution in [2.45, 2.75) is 11.7 Å². The van der Waals surface area contributed by atoms with Crippen LogP contribution in [0.1, 0.15) is 4.88 Å². The van der Waals surface area contributed by atoms with Gasteiger partial charge < -0.3 is 5.32 Å². The third-order valence-corrected chi connectivity index (χ3v) is 6.18. The first kappa shape index (κ1) is 17.8. The molecular formula is C20H17N3O2S2. The number of aromatic nitrogens is 2. The average Bonchev–Trinajstić information content (AvgIpc) is 3.20. The van der Waals surface area contributed by atoms with E-state index < -0.39 is 0 Å². The first-order valence-electron chi connectivity index (χ1n) is 8.43. The van der Waals surface area contributed by atoms with E-state index >= 15 is 0 Å². The molecule has 7 heteroatoms. The number of fused-ring (bicyclic) bond motifs is 2. The maximum Gasteiger partial charge on any atom is 0.261 e. The first-order valence-corrected chi connectivity index (χ1v) is 10.3. The van der Waals surface area contributed by atoms with Crippen LogP contribution >= 0.6 is 23.1 Å². The highest BCUT2D eigenvalue weighted by molar-refractivity contribution is 7.99. The van der Waals surface area contributed by atoms with Gasteiger partial charge in [0.1, 0.15) is 0 Å². The summed E-state index contributed by atoms with van der Waals surface area (Å²) in [5, 5.41) is 8.04. The molecule has 0 atom stereocenters. The molecule has 4 rings (SSSR count). The van der Waals surface area contributed by atoms with Gasteiger partial charge in [0.15, 0.2) is 5.16 Å². The molecule has 0 saturated carbocycles. The molecule has 0 aliphatic rings. The van der Waals surface area contributed by atoms with Gasteiger partial charge >= 0.3 is 0 Å². The quantitative estimate of drug-likeness (QED) is 0.319. The predicted octanol–water partition coefficient (Wildman–Crippen LogP) is 3.56. The highest BCUT2D eigenvalue weighted by Crippen LogP contribution is 2.22. The van der Waals surface area contributed by atoms with Gasteiger partial charge in [-0.1, -0.05) is 42.1 Å². The minimum absolute atomic E-state index is 0.0822. The molecule has 0 aliphatic heterocycles. The van der Waals surface area contributed by atoms with Crippen molar-refractivity contribution in [3.05, 3.63) is 69.1 Å². The van der Waals surface area contributed by atoms with Gasteiger partial charge in [-0.3, -0.25) is 14.2 Å². The molecule has 1 amide bonds. The fourth-order valence-electron chi connectivity index (χ4n) is 2.85. The summed E-state index contributed by atoms with van der Waals surface area (Å²) in [6, 6.07) is 15.6. The van der Waals surface area contributed by atoms with Gasteiger partial charge in [0.25, 0.3) is 5.56 Å². The third kappa shape index (κ3) is 3.74. The Kier molecular flexibility index (Phi) is 4.96. The Morgan fingerprint density at radius 3 is 2.70 bits per heavy atom. The highest BCUT2D eigenvalue weighted by Gasteiger charge is 2.12. The van der Waals surface area contributed by atoms with Crippen LogP contribution in [0, 0.1) is 0 Å². The lowest BCUT2D eigenvalue weighted by Gasteiger charge is -2.10. The molecule has 0 spiro atoms. The van der Waals surface area contributed by atoms with E-state index in [-0.39, 0.29) is 17.2 Å². The Labute approximate surface area is 164 Å². The molecule has 4 aromatic rings. The SMILES string of the molecule is Cn1c(SCC(=O)NCc2cccs2)nc2cc3ccccc3cc2c1=O. The maximum absolute atomic E-state index is 12.7. The largest absolute Gasteiger partial charge is 0.350 e. The molecule has 0 bridgehead atoms. The molecule has 0 radical (unpaired) electrons. The Morgan fingerprint density at radius 1 is 1.19 bits per heavy atom. The van der Waals surface area contributed by atoms with Gasteiger partial charge in [-0.05, 0) is 34.4 Å². The molecule has 0 unspecified atom stereocenters. The zero-order valence-electron chi connectivity index (χ0n) is 14.6. The molecule has 2 aromatic heterocycles. The second kappa shape index (κ2) is 7.54. The van der Waals surface area contributed by atoms with Crippen molar-refractivity contribution >= 4 is 50.7 Å². The summed E-state index contributed by atoms with van der Waals surface area (Å²) in [4.78, 5) is 30.6. The number of nitrogens with zero attached hydrogens (tertiary/aromatic N) is 2. The molecule has 0 fully saturated rings. The van der Waals surface area contributed by atoms with Crippen LogP contribution in [0.4, 0.5) is 0 Å². The fraction of sp³-hybridized carbons (Fsp3) is 0.150. The smallest absolute Gasteiger partial charge is 0.261 e. The minimum atomic E-state index is -0.104. The van der Waals surface area contributed by atoms with Crippen LogP contribution < -0.4 is 10.9 Å². The predicted molar refractivity (Wildman–Crippen MR) is 111 cm³/mol. The standard InChI is InChI=1S/C20H17N3O2S2/c1-23-19(25)16-9-13-5-2-3-6-14(13)10-17(16)22-20(23)27-12-18(24)21-11-15-7-4-8-26-15/h2-10H,11-12H2,1H3,(H,21,24). The molecule has 2 heterocycles. The van der Waals surface area contributed by atoms with Crippen molar-refractivity contribution < 1.29 is 4.79 Å². The molecule has 136 valence electrons. The second-order valence-electron chi connectivity index (χ2n) is 6.12. The van der Waals surface area contributed by atoms with Crippen LogP contribution in [0.25, 0.3) is 21.7 Å². The number of thiophene rings is 1. The van der Waals surface area contributed by atoms with Gasteiger partial charge in [-0.25, -0.2) is 4.98 Å². The van der Waals surface area contributed by atoms with E-state index in [1.807, 2.05) is 53.9 Å². The summed E-state index contributed by atoms with van der Waals surface area (Å²) in [7, 11) is 1.69. The van der Waals surface area contributed by atoms with Crippen LogP contribution in [0.5, 0.6) is 0 Å². The van der Waals surface area contributed by atoms with Crippen molar-refractivity contribution in [2.24, 2.45) is 7.05 Å². The maximum atomic E-state index is 12.7. The van der Waals surface area contributed by atoms with Gasteiger partial charge in [0, 0.05) is 11.9 Å². The Morgan fingerprint density at radius 2 is 1.96 bits per heavy atom. The summed E-state index contributed by atoms with van der Waals surface area (Å²) in [6.45, 7) is 0.521. The van der Waals surface area contributed by atoms with Crippen molar-refractivity contribution in [3.8, 4) is 0 Å². The molecule has 5 nitrogen and oxygen atoms in total. The van der Waals surface area contributed by atoms with Crippen LogP contribution in [-0.2, 0) is 18.4 Å². The molecule has 1 N–H and O–H groups in total. The topological polar surface area (TPSA) is 64.0 Å². The third-order valence-electron chi connectivity index (χ3n) is 4.27. The number of thioether (sulfide) groups is 1. The number of carbonyl (C=O) groups excluding carboxylic acids is 1. The number of amides is 1. The average molecular weight is 396 g/mol. The number of benzene rings is 2. The molecule has 27 heavy (non-hydrogen) atoms. The van der Waals surface area contributed by atoms with E-state index in [4.69, 9.17) is 0 Å². The van der Waals surface area contributed by atoms with Crippen LogP contribution in [0.3, 0.4) is 0 Å². The van der Waals surface area contributed by atoms with Crippen LogP contribution in [-0.4, -0.2) is 21.2 Å². The number of hydrogen-bond acceptors (Lipinski definition) is 5. The first-order chi connectivity index (χ1) is 13.1. The summed E-state index contributed by atoms with van der Waals surface area (Å²) in [6.07, 6.45) is 0. The Bertz CT molecular complexity index is 1180. The van der Waals surface area contributed by atoms with Gasteiger partial charge in [-0.15, -0.1) is 11.3 Å². The van der Waals surface area contributed by atoms with E-state index in [1.165, 1.54) is 16.3 Å². The number of hydrogen-bond donors (Lipinski definition) is 1. The van der Waals surface area contributed by atoms with Gasteiger partial charge in [0.05, 0.1) is 23.2 Å². The zero-order chi connectivity index (χ0) is 18.8. The van der Waals surface area contributed by atoms with E-state index in [2.05, 4.69) is 10.3 Å². The minimum Gasteiger partial charge on any atom is -0.350 e. The monoisotopic (exact) mass is 395 g/mol. The lowest BCUT2D eigenvalue weighted by molar-refractivity contribution is -0.118. The van der Waals surface area contributed by atoms with Crippen LogP contribution in [0.2, 0.25) is 0 Å².